The molecule has 0 saturated heterocycles. The molecule has 0 atom stereocenters. The van der Waals surface area contributed by atoms with Gasteiger partial charge >= 0.3 is 6.18 Å². The molecule has 118 valence electrons. The quantitative estimate of drug-likeness (QED) is 0.909. The highest BCUT2D eigenvalue weighted by Gasteiger charge is 2.32. The SMILES string of the molecule is Cc1oc(C(=O)NCc2cccc(C(F)(F)F)n2)cc1CO. The van der Waals surface area contributed by atoms with Crippen molar-refractivity contribution in [1.29, 1.82) is 0 Å². The lowest BCUT2D eigenvalue weighted by molar-refractivity contribution is -0.141. The third-order valence-corrected chi connectivity index (χ3v) is 2.94. The molecule has 1 amide bonds. The van der Waals surface area contributed by atoms with Gasteiger partial charge in [0.1, 0.15) is 11.5 Å². The molecule has 0 unspecified atom stereocenters. The smallest absolute Gasteiger partial charge is 0.433 e. The summed E-state index contributed by atoms with van der Waals surface area (Å²) in [5.41, 5.74) is -0.466. The van der Waals surface area contributed by atoms with Crippen LogP contribution in [0.4, 0.5) is 13.2 Å². The van der Waals surface area contributed by atoms with E-state index in [-0.39, 0.29) is 24.6 Å². The minimum Gasteiger partial charge on any atom is -0.456 e. The predicted octanol–water partition coefficient (Wildman–Crippen LogP) is 2.42. The summed E-state index contributed by atoms with van der Waals surface area (Å²) in [5, 5.41) is 11.4. The van der Waals surface area contributed by atoms with Gasteiger partial charge < -0.3 is 14.8 Å². The number of rotatable bonds is 4. The number of aliphatic hydroxyl groups excluding tert-OH is 1. The van der Waals surface area contributed by atoms with Crippen LogP contribution in [-0.4, -0.2) is 16.0 Å². The second-order valence-corrected chi connectivity index (χ2v) is 4.54. The molecule has 0 aliphatic heterocycles. The van der Waals surface area contributed by atoms with Gasteiger partial charge in [-0.25, -0.2) is 4.98 Å². The number of halogens is 3. The first-order chi connectivity index (χ1) is 10.3. The molecule has 0 fully saturated rings. The van der Waals surface area contributed by atoms with Crippen molar-refractivity contribution in [1.82, 2.24) is 10.3 Å². The second-order valence-electron chi connectivity index (χ2n) is 4.54. The number of furan rings is 1. The summed E-state index contributed by atoms with van der Waals surface area (Å²) >= 11 is 0. The van der Waals surface area contributed by atoms with Crippen LogP contribution in [0, 0.1) is 6.92 Å². The van der Waals surface area contributed by atoms with E-state index < -0.39 is 17.8 Å². The van der Waals surface area contributed by atoms with Crippen molar-refractivity contribution < 1.29 is 27.5 Å². The van der Waals surface area contributed by atoms with E-state index in [1.165, 1.54) is 18.2 Å². The van der Waals surface area contributed by atoms with E-state index in [2.05, 4.69) is 10.3 Å². The highest BCUT2D eigenvalue weighted by Crippen LogP contribution is 2.27. The average Bonchev–Trinajstić information content (AvgIpc) is 2.85. The number of aryl methyl sites for hydroxylation is 1. The Balaban J connectivity index is 2.05. The van der Waals surface area contributed by atoms with E-state index in [1.54, 1.807) is 6.92 Å². The van der Waals surface area contributed by atoms with Gasteiger partial charge in [-0.1, -0.05) is 6.07 Å². The standard InChI is InChI=1S/C14H13F3N2O3/c1-8-9(7-20)5-11(22-8)13(21)18-6-10-3-2-4-12(19-10)14(15,16)17/h2-5,20H,6-7H2,1H3,(H,18,21). The maximum Gasteiger partial charge on any atom is 0.433 e. The van der Waals surface area contributed by atoms with Gasteiger partial charge in [-0.2, -0.15) is 13.2 Å². The van der Waals surface area contributed by atoms with Gasteiger partial charge in [0, 0.05) is 5.56 Å². The van der Waals surface area contributed by atoms with Crippen molar-refractivity contribution in [2.24, 2.45) is 0 Å². The molecule has 0 radical (unpaired) electrons. The minimum absolute atomic E-state index is 0.0199. The highest BCUT2D eigenvalue weighted by molar-refractivity contribution is 5.91. The molecule has 2 aromatic heterocycles. The van der Waals surface area contributed by atoms with E-state index in [9.17, 15) is 18.0 Å². The Morgan fingerprint density at radius 3 is 2.73 bits per heavy atom. The van der Waals surface area contributed by atoms with Crippen molar-refractivity contribution in [3.05, 3.63) is 52.7 Å². The number of nitrogens with zero attached hydrogens (tertiary/aromatic N) is 1. The lowest BCUT2D eigenvalue weighted by Gasteiger charge is -2.08. The predicted molar refractivity (Wildman–Crippen MR) is 69.8 cm³/mol. The molecule has 2 heterocycles. The van der Waals surface area contributed by atoms with E-state index >= 15 is 0 Å². The first-order valence-electron chi connectivity index (χ1n) is 6.32. The zero-order valence-corrected chi connectivity index (χ0v) is 11.6. The van der Waals surface area contributed by atoms with Gasteiger partial charge in [0.2, 0.25) is 0 Å². The van der Waals surface area contributed by atoms with Crippen molar-refractivity contribution in [3.63, 3.8) is 0 Å². The molecule has 0 aliphatic rings. The number of carbonyl (C=O) groups excluding carboxylic acids is 1. The monoisotopic (exact) mass is 314 g/mol. The van der Waals surface area contributed by atoms with E-state index in [0.717, 1.165) is 6.07 Å². The van der Waals surface area contributed by atoms with Crippen LogP contribution in [0.3, 0.4) is 0 Å². The molecule has 5 nitrogen and oxygen atoms in total. The maximum absolute atomic E-state index is 12.5. The third kappa shape index (κ3) is 3.64. The van der Waals surface area contributed by atoms with Crippen LogP contribution in [0.2, 0.25) is 0 Å². The average molecular weight is 314 g/mol. The molecule has 2 aromatic rings. The molecule has 8 heteroatoms. The van der Waals surface area contributed by atoms with Crippen molar-refractivity contribution >= 4 is 5.91 Å². The van der Waals surface area contributed by atoms with E-state index in [0.29, 0.717) is 11.3 Å². The van der Waals surface area contributed by atoms with Gasteiger partial charge in [0.05, 0.1) is 18.8 Å². The zero-order chi connectivity index (χ0) is 16.3. The fourth-order valence-corrected chi connectivity index (χ4v) is 1.78. The second kappa shape index (κ2) is 6.18. The number of aromatic nitrogens is 1. The van der Waals surface area contributed by atoms with Crippen LogP contribution < -0.4 is 5.32 Å². The normalized spacial score (nSPS) is 11.5. The highest BCUT2D eigenvalue weighted by atomic mass is 19.4. The summed E-state index contributed by atoms with van der Waals surface area (Å²) < 4.78 is 42.7. The molecule has 0 saturated carbocycles. The summed E-state index contributed by atoms with van der Waals surface area (Å²) in [7, 11) is 0. The summed E-state index contributed by atoms with van der Waals surface area (Å²) in [5.74, 6) is -0.208. The molecule has 0 spiro atoms. The Morgan fingerprint density at radius 2 is 2.14 bits per heavy atom. The Kier molecular flexibility index (Phi) is 4.51. The molecule has 0 aromatic carbocycles. The molecule has 2 N–H and O–H groups in total. The Labute approximate surface area is 123 Å². The number of amides is 1. The summed E-state index contributed by atoms with van der Waals surface area (Å²) in [6.07, 6.45) is -4.53. The molecule has 22 heavy (non-hydrogen) atoms. The Bertz CT molecular complexity index is 680. The number of pyridine rings is 1. The van der Waals surface area contributed by atoms with Crippen molar-refractivity contribution in [2.45, 2.75) is 26.3 Å². The van der Waals surface area contributed by atoms with Crippen molar-refractivity contribution in [2.75, 3.05) is 0 Å². The molecular weight excluding hydrogens is 301 g/mol. The fraction of sp³-hybridized carbons (Fsp3) is 0.286. The van der Waals surface area contributed by atoms with Gasteiger partial charge in [-0.3, -0.25) is 4.79 Å². The first-order valence-corrected chi connectivity index (χ1v) is 6.32. The molecule has 2 rings (SSSR count). The number of aliphatic hydroxyl groups is 1. The first kappa shape index (κ1) is 16.0. The number of alkyl halides is 3. The summed E-state index contributed by atoms with van der Waals surface area (Å²) in [6, 6.07) is 4.83. The topological polar surface area (TPSA) is 75.4 Å². The van der Waals surface area contributed by atoms with Crippen LogP contribution in [0.5, 0.6) is 0 Å². The van der Waals surface area contributed by atoms with Crippen LogP contribution in [0.1, 0.15) is 33.3 Å². The van der Waals surface area contributed by atoms with Crippen LogP contribution in [-0.2, 0) is 19.3 Å². The largest absolute Gasteiger partial charge is 0.456 e. The van der Waals surface area contributed by atoms with E-state index in [4.69, 9.17) is 9.52 Å². The van der Waals surface area contributed by atoms with Gasteiger partial charge in [0.15, 0.2) is 5.76 Å². The molecule has 0 aliphatic carbocycles. The van der Waals surface area contributed by atoms with Crippen molar-refractivity contribution in [3.8, 4) is 0 Å². The lowest BCUT2D eigenvalue weighted by Crippen LogP contribution is -2.23. The van der Waals surface area contributed by atoms with Gasteiger partial charge in [-0.05, 0) is 25.1 Å². The minimum atomic E-state index is -4.53. The van der Waals surface area contributed by atoms with Crippen LogP contribution in [0.25, 0.3) is 0 Å². The van der Waals surface area contributed by atoms with E-state index in [1.807, 2.05) is 0 Å². The summed E-state index contributed by atoms with van der Waals surface area (Å²) in [4.78, 5) is 15.3. The zero-order valence-electron chi connectivity index (χ0n) is 11.6. The van der Waals surface area contributed by atoms with Gasteiger partial charge in [0.25, 0.3) is 5.91 Å². The fourth-order valence-electron chi connectivity index (χ4n) is 1.78. The van der Waals surface area contributed by atoms with Crippen LogP contribution in [0.15, 0.2) is 28.7 Å². The molecule has 0 bridgehead atoms. The Morgan fingerprint density at radius 1 is 1.41 bits per heavy atom. The number of nitrogens with one attached hydrogen (secondary N) is 1. The Hall–Kier alpha value is -2.35. The van der Waals surface area contributed by atoms with Crippen LogP contribution >= 0.6 is 0 Å². The summed E-state index contributed by atoms with van der Waals surface area (Å²) in [6.45, 7) is 1.16. The number of hydrogen-bond acceptors (Lipinski definition) is 4. The number of hydrogen-bond donors (Lipinski definition) is 2. The third-order valence-electron chi connectivity index (χ3n) is 2.94. The lowest BCUT2D eigenvalue weighted by atomic mass is 10.2. The maximum atomic E-state index is 12.5. The van der Waals surface area contributed by atoms with Gasteiger partial charge in [-0.15, -0.1) is 0 Å². The number of carbonyl (C=O) groups is 1. The molecular formula is C14H13F3N2O3.